The molecule has 548 valence electrons. The van der Waals surface area contributed by atoms with Crippen LogP contribution in [0.15, 0.2) is 155 Å². The number of rotatable bonds is 17. The van der Waals surface area contributed by atoms with E-state index in [-0.39, 0.29) is 20.9 Å². The Kier molecular flexibility index (Phi) is 34.2. The summed E-state index contributed by atoms with van der Waals surface area (Å²) in [5, 5.41) is 43.8. The van der Waals surface area contributed by atoms with Crippen LogP contribution in [0, 0.1) is 0 Å². The minimum Gasteiger partial charge on any atom is -0.496 e. The zero-order valence-corrected chi connectivity index (χ0v) is 63.6. The van der Waals surface area contributed by atoms with E-state index in [1.165, 1.54) is 36.9 Å². The highest BCUT2D eigenvalue weighted by Gasteiger charge is 2.25. The molecule has 0 fully saturated rings. The van der Waals surface area contributed by atoms with E-state index in [9.17, 15) is 34.5 Å². The lowest BCUT2D eigenvalue weighted by atomic mass is 9.78. The summed E-state index contributed by atoms with van der Waals surface area (Å²) in [6.45, 7) is 18.0. The lowest BCUT2D eigenvalue weighted by molar-refractivity contribution is -0.0294. The molecule has 10 rings (SSSR count). The minimum absolute atomic E-state index is 0. The topological polar surface area (TPSA) is 296 Å². The minimum atomic E-state index is -1.51. The van der Waals surface area contributed by atoms with Crippen molar-refractivity contribution in [1.29, 1.82) is 0 Å². The molecular formula is C77H98B2Br2N4O15S2. The number of fused-ring (bicyclic) bond motifs is 6. The van der Waals surface area contributed by atoms with E-state index in [1.54, 1.807) is 106 Å². The van der Waals surface area contributed by atoms with E-state index in [2.05, 4.69) is 103 Å². The third kappa shape index (κ3) is 26.5. The molecule has 11 N–H and O–H groups in total. The third-order valence-electron chi connectivity index (χ3n) is 14.5. The smallest absolute Gasteiger partial charge is 0.496 e. The second-order valence-corrected chi connectivity index (χ2v) is 29.6. The van der Waals surface area contributed by atoms with Crippen molar-refractivity contribution in [2.75, 3.05) is 54.6 Å². The molecule has 25 heteroatoms. The normalized spacial score (nSPS) is 10.9. The number of alkyl carbamates (subject to hydrolysis) is 1. The Bertz CT molecular complexity index is 4180. The molecule has 2 aromatic heterocycles. The summed E-state index contributed by atoms with van der Waals surface area (Å²) in [5.41, 5.74) is 25.3. The zero-order chi connectivity index (χ0) is 73.6. The highest BCUT2D eigenvalue weighted by atomic mass is 79.9. The van der Waals surface area contributed by atoms with Crippen LogP contribution in [0.25, 0.3) is 62.6 Å². The fourth-order valence-electron chi connectivity index (χ4n) is 9.98. The lowest BCUT2D eigenvalue weighted by Crippen LogP contribution is -2.33. The fraction of sp³-hybridized carbons (Fsp3) is 0.338. The standard InChI is InChI=1S/C30H30N2O2S.C14H20BrNO3.C12H10B2O4S.C10H18O5.C9H12BrNO.2CH4/c1-33-27-7-3-19(11-13-31)15-23(27)21-5-9-29-25(17-21)26-18-22(6-10-30(26)35-29)24-16-20(12-14-32)4-8-28(24)34-2;1-14(2,3)19-13(17)16-8-7-10-5-6-12(18-4)11(15)9-10;15-13(16)7-1-3-11-9(5-7)10-6-8(14(17)18)2-4-12(10)19-11;1-9(2,3)14-7(11)13-8(12)15-10(4,5)6;1-12-9-3-2-7(4-5-11)6-8(9)10;;/h3-10,15-18H,11-14,31-32H2,1-2H3;5-6,9H,7-8H2,1-4H3,(H,16,17);1-6,15-18H;1-6H3;2-3,6H,4-5,11H2,1H3;2*1H4. The molecule has 0 unspecified atom stereocenters. The maximum atomic E-state index is 11.5. The number of ether oxygens (including phenoxy) is 8. The van der Waals surface area contributed by atoms with Crippen LogP contribution in [0.5, 0.6) is 23.0 Å². The summed E-state index contributed by atoms with van der Waals surface area (Å²) in [7, 11) is 3.71. The van der Waals surface area contributed by atoms with Gasteiger partial charge in [-0.1, -0.05) is 75.5 Å². The first-order valence-corrected chi connectivity index (χ1v) is 35.4. The van der Waals surface area contributed by atoms with Gasteiger partial charge in [0, 0.05) is 47.2 Å². The van der Waals surface area contributed by atoms with Crippen molar-refractivity contribution in [1.82, 2.24) is 5.32 Å². The molecular weight excluding hydrogens is 1470 g/mol. The highest BCUT2D eigenvalue weighted by Crippen LogP contribution is 2.42. The van der Waals surface area contributed by atoms with E-state index < -0.39 is 43.4 Å². The quantitative estimate of drug-likeness (QED) is 0.0182. The number of methoxy groups -OCH3 is 4. The predicted octanol–water partition coefficient (Wildman–Crippen LogP) is 15.5. The van der Waals surface area contributed by atoms with Gasteiger partial charge in [0.25, 0.3) is 0 Å². The van der Waals surface area contributed by atoms with Crippen LogP contribution in [-0.4, -0.2) is 124 Å². The average molecular weight is 1570 g/mol. The Hall–Kier alpha value is -7.78. The van der Waals surface area contributed by atoms with Crippen molar-refractivity contribution in [2.45, 2.75) is 120 Å². The molecule has 0 atom stereocenters. The van der Waals surface area contributed by atoms with E-state index in [0.29, 0.717) is 37.1 Å². The molecule has 19 nitrogen and oxygen atoms in total. The molecule has 10 aromatic rings. The Labute approximate surface area is 625 Å². The molecule has 1 amide bonds. The van der Waals surface area contributed by atoms with Gasteiger partial charge in [-0.05, 0) is 279 Å². The predicted molar refractivity (Wildman–Crippen MR) is 427 cm³/mol. The molecule has 0 saturated carbocycles. The van der Waals surface area contributed by atoms with Gasteiger partial charge in [0.1, 0.15) is 39.8 Å². The van der Waals surface area contributed by atoms with Crippen molar-refractivity contribution < 1.29 is 72.4 Å². The van der Waals surface area contributed by atoms with Gasteiger partial charge in [0.05, 0.1) is 37.4 Å². The van der Waals surface area contributed by atoms with Crippen molar-refractivity contribution in [3.8, 4) is 45.3 Å². The average Bonchev–Trinajstić information content (AvgIpc) is 1.60. The number of nitrogens with one attached hydrogen (secondary N) is 1. The molecule has 0 spiro atoms. The van der Waals surface area contributed by atoms with Gasteiger partial charge in [-0.3, -0.25) is 0 Å². The van der Waals surface area contributed by atoms with Gasteiger partial charge in [-0.15, -0.1) is 22.7 Å². The third-order valence-corrected chi connectivity index (χ3v) is 18.0. The van der Waals surface area contributed by atoms with E-state index in [1.807, 2.05) is 92.8 Å². The second-order valence-electron chi connectivity index (χ2n) is 25.7. The van der Waals surface area contributed by atoms with E-state index >= 15 is 0 Å². The Balaban J connectivity index is 0.000000285. The van der Waals surface area contributed by atoms with Gasteiger partial charge in [0.15, 0.2) is 0 Å². The first-order valence-electron chi connectivity index (χ1n) is 32.1. The summed E-state index contributed by atoms with van der Waals surface area (Å²) in [4.78, 5) is 33.5. The van der Waals surface area contributed by atoms with Crippen LogP contribution < -0.4 is 52.4 Å². The summed E-state index contributed by atoms with van der Waals surface area (Å²) >= 11 is 10.2. The number of hydrogen-bond acceptors (Lipinski definition) is 20. The SMILES string of the molecule is C.C.CC(C)(C)OC(=O)OC(=O)OC(C)(C)C.COc1ccc(CCN)cc1-c1ccc2sc3ccc(-c4cc(CCN)ccc4OC)cc3c2c1.COc1ccc(CCN)cc1Br.COc1ccc(CCNC(=O)OC(C)(C)C)cc1Br.OB(O)c1ccc2sc3ccc(B(O)O)cc3c2c1. The number of thiophene rings is 2. The molecule has 0 aliphatic rings. The van der Waals surface area contributed by atoms with Gasteiger partial charge in [-0.25, -0.2) is 14.4 Å². The largest absolute Gasteiger partial charge is 0.519 e. The molecule has 0 aliphatic heterocycles. The van der Waals surface area contributed by atoms with Crippen molar-refractivity contribution >= 4 is 138 Å². The number of carbonyl (C=O) groups is 3. The molecule has 8 aromatic carbocycles. The van der Waals surface area contributed by atoms with Crippen LogP contribution in [0.4, 0.5) is 14.4 Å². The second kappa shape index (κ2) is 40.3. The Morgan fingerprint density at radius 3 is 1.05 bits per heavy atom. The van der Waals surface area contributed by atoms with Crippen LogP contribution in [0.1, 0.15) is 99.4 Å². The lowest BCUT2D eigenvalue weighted by Gasteiger charge is -2.20. The monoisotopic (exact) mass is 1560 g/mol. The Morgan fingerprint density at radius 2 is 0.735 bits per heavy atom. The summed E-state index contributed by atoms with van der Waals surface area (Å²) in [6.07, 6.45) is 0.822. The number of carbonyl (C=O) groups excluding carboxylic acids is 3. The summed E-state index contributed by atoms with van der Waals surface area (Å²) in [6, 6.07) is 48.3. The molecule has 102 heavy (non-hydrogen) atoms. The number of hydrogen-bond donors (Lipinski definition) is 8. The fourth-order valence-corrected chi connectivity index (χ4v) is 13.3. The maximum Gasteiger partial charge on any atom is 0.519 e. The molecule has 0 saturated heterocycles. The summed E-state index contributed by atoms with van der Waals surface area (Å²) < 4.78 is 47.1. The molecule has 0 aliphatic carbocycles. The highest BCUT2D eigenvalue weighted by molar-refractivity contribution is 9.11. The van der Waals surface area contributed by atoms with Crippen LogP contribution in [0.2, 0.25) is 0 Å². The summed E-state index contributed by atoms with van der Waals surface area (Å²) in [5.74, 6) is 3.39. The van der Waals surface area contributed by atoms with Crippen LogP contribution in [0.3, 0.4) is 0 Å². The number of halogens is 2. The van der Waals surface area contributed by atoms with Gasteiger partial charge in [-0.2, -0.15) is 0 Å². The van der Waals surface area contributed by atoms with Gasteiger partial charge >= 0.3 is 32.6 Å². The molecule has 0 radical (unpaired) electrons. The first kappa shape index (κ1) is 86.6. The van der Waals surface area contributed by atoms with E-state index in [0.717, 1.165) is 106 Å². The molecule has 2 heterocycles. The van der Waals surface area contributed by atoms with Crippen molar-refractivity contribution in [3.63, 3.8) is 0 Å². The number of nitrogens with two attached hydrogens (primary N) is 3. The maximum absolute atomic E-state index is 11.5. The number of benzene rings is 8. The Morgan fingerprint density at radius 1 is 0.422 bits per heavy atom. The van der Waals surface area contributed by atoms with Crippen LogP contribution in [-0.2, 0) is 44.6 Å². The first-order chi connectivity index (χ1) is 47.3. The van der Waals surface area contributed by atoms with Gasteiger partial charge < -0.3 is 80.5 Å². The zero-order valence-electron chi connectivity index (χ0n) is 58.8. The van der Waals surface area contributed by atoms with Gasteiger partial charge in [0.2, 0.25) is 0 Å². The van der Waals surface area contributed by atoms with Crippen molar-refractivity contribution in [2.24, 2.45) is 17.2 Å². The van der Waals surface area contributed by atoms with Crippen LogP contribution >= 0.6 is 54.5 Å². The molecule has 0 bridgehead atoms. The van der Waals surface area contributed by atoms with Crippen molar-refractivity contribution in [3.05, 3.63) is 177 Å². The van der Waals surface area contributed by atoms with E-state index in [4.69, 9.17) is 50.4 Å². The number of amides is 1.